The third kappa shape index (κ3) is 19.5. The van der Waals surface area contributed by atoms with Crippen molar-refractivity contribution in [2.45, 2.75) is 110 Å². The second-order valence-corrected chi connectivity index (χ2v) is 8.52. The van der Waals surface area contributed by atoms with Gasteiger partial charge in [0.05, 0.1) is 11.4 Å². The van der Waals surface area contributed by atoms with Crippen LogP contribution in [0.3, 0.4) is 0 Å². The van der Waals surface area contributed by atoms with Crippen LogP contribution in [0.2, 0.25) is 0 Å². The van der Waals surface area contributed by atoms with Gasteiger partial charge in [0.2, 0.25) is 0 Å². The van der Waals surface area contributed by atoms with E-state index >= 15 is 0 Å². The molecule has 5 heteroatoms. The molecule has 0 amide bonds. The summed E-state index contributed by atoms with van der Waals surface area (Å²) in [6.45, 7) is 2.27. The monoisotopic (exact) mass is 495 g/mol. The van der Waals surface area contributed by atoms with E-state index < -0.39 is 5.97 Å². The molecule has 0 saturated carbocycles. The summed E-state index contributed by atoms with van der Waals surface area (Å²) < 4.78 is 0. The van der Waals surface area contributed by atoms with Gasteiger partial charge >= 0.3 is 5.97 Å². The predicted octanol–water partition coefficient (Wildman–Crippen LogP) is 8.47. The molecule has 185 valence electrons. The third-order valence-corrected chi connectivity index (χ3v) is 5.59. The summed E-state index contributed by atoms with van der Waals surface area (Å²) in [4.78, 5) is 18.7. The topological polar surface area (TPSA) is 63.1 Å². The minimum absolute atomic E-state index is 0. The Balaban J connectivity index is 0.000000666. The molecule has 0 spiro atoms. The van der Waals surface area contributed by atoms with Gasteiger partial charge in [-0.2, -0.15) is 0 Å². The normalized spacial score (nSPS) is 10.1. The molecule has 2 aromatic rings. The van der Waals surface area contributed by atoms with Crippen LogP contribution in [0.15, 0.2) is 48.8 Å². The number of rotatable bonds is 17. The van der Waals surface area contributed by atoms with E-state index in [1.807, 2.05) is 36.4 Å². The number of carboxylic acid groups (broad SMARTS) is 1. The molecular weight excluding hydrogens is 451 g/mol. The molecule has 0 saturated heterocycles. The molecule has 0 bridgehead atoms. The summed E-state index contributed by atoms with van der Waals surface area (Å²) >= 11 is 0. The first-order valence-corrected chi connectivity index (χ1v) is 12.8. The minimum atomic E-state index is -0.653. The first kappa shape index (κ1) is 31.3. The standard InChI is InChI=1S/C18H36O2.C10H8N2.Mn/c1-2-3-4-5-6-7-8-9-10-11-12-13-14-15-16-17-18(19)20;1-3-7-11-9(5-1)10-6-2-4-8-12-10;/h2-17H2,1H3,(H,19,20);1-8H;. The second-order valence-electron chi connectivity index (χ2n) is 8.52. The van der Waals surface area contributed by atoms with Crippen LogP contribution in [-0.2, 0) is 21.9 Å². The Morgan fingerprint density at radius 3 is 1.30 bits per heavy atom. The number of hydrogen-bond acceptors (Lipinski definition) is 3. The largest absolute Gasteiger partial charge is 0.481 e. The van der Waals surface area contributed by atoms with E-state index in [-0.39, 0.29) is 17.1 Å². The van der Waals surface area contributed by atoms with Crippen molar-refractivity contribution in [3.05, 3.63) is 48.8 Å². The summed E-state index contributed by atoms with van der Waals surface area (Å²) in [5.41, 5.74) is 1.83. The molecule has 0 unspecified atom stereocenters. The van der Waals surface area contributed by atoms with E-state index in [1.165, 1.54) is 83.5 Å². The average molecular weight is 496 g/mol. The van der Waals surface area contributed by atoms with Crippen molar-refractivity contribution >= 4 is 5.97 Å². The van der Waals surface area contributed by atoms with Crippen LogP contribution in [0.25, 0.3) is 11.4 Å². The molecule has 1 radical (unpaired) electrons. The summed E-state index contributed by atoms with van der Waals surface area (Å²) in [5.74, 6) is -0.653. The van der Waals surface area contributed by atoms with Crippen LogP contribution in [-0.4, -0.2) is 21.0 Å². The first-order valence-electron chi connectivity index (χ1n) is 12.8. The van der Waals surface area contributed by atoms with Crippen molar-refractivity contribution in [2.24, 2.45) is 0 Å². The fourth-order valence-electron chi connectivity index (χ4n) is 3.68. The number of aliphatic carboxylic acids is 1. The van der Waals surface area contributed by atoms with Crippen LogP contribution in [0.4, 0.5) is 0 Å². The minimum Gasteiger partial charge on any atom is -0.481 e. The van der Waals surface area contributed by atoms with Gasteiger partial charge in [-0.25, -0.2) is 0 Å². The van der Waals surface area contributed by atoms with Crippen molar-refractivity contribution < 1.29 is 27.0 Å². The molecule has 4 nitrogen and oxygen atoms in total. The zero-order valence-electron chi connectivity index (χ0n) is 20.6. The molecule has 0 aromatic carbocycles. The molecule has 2 heterocycles. The number of nitrogens with zero attached hydrogens (tertiary/aromatic N) is 2. The van der Waals surface area contributed by atoms with E-state index in [0.717, 1.165) is 24.2 Å². The van der Waals surface area contributed by atoms with Crippen LogP contribution in [0.1, 0.15) is 110 Å². The summed E-state index contributed by atoms with van der Waals surface area (Å²) in [6.07, 6.45) is 23.7. The molecule has 0 atom stereocenters. The molecule has 0 aliphatic heterocycles. The fourth-order valence-corrected chi connectivity index (χ4v) is 3.68. The van der Waals surface area contributed by atoms with E-state index in [1.54, 1.807) is 12.4 Å². The average Bonchev–Trinajstić information content (AvgIpc) is 2.83. The number of hydrogen-bond donors (Lipinski definition) is 1. The quantitative estimate of drug-likeness (QED) is 0.177. The Labute approximate surface area is 212 Å². The van der Waals surface area contributed by atoms with Crippen molar-refractivity contribution in [3.63, 3.8) is 0 Å². The van der Waals surface area contributed by atoms with Gasteiger partial charge in [-0.1, -0.05) is 109 Å². The van der Waals surface area contributed by atoms with Crippen LogP contribution in [0, 0.1) is 0 Å². The maximum Gasteiger partial charge on any atom is 0.303 e. The van der Waals surface area contributed by atoms with Gasteiger partial charge in [0, 0.05) is 35.9 Å². The fraction of sp³-hybridized carbons (Fsp3) is 0.607. The number of pyridine rings is 2. The van der Waals surface area contributed by atoms with Crippen LogP contribution in [0.5, 0.6) is 0 Å². The Morgan fingerprint density at radius 2 is 1.00 bits per heavy atom. The van der Waals surface area contributed by atoms with Crippen molar-refractivity contribution in [1.82, 2.24) is 9.97 Å². The molecule has 2 rings (SSSR count). The van der Waals surface area contributed by atoms with Crippen molar-refractivity contribution in [1.29, 1.82) is 0 Å². The van der Waals surface area contributed by atoms with Gasteiger partial charge in [0.15, 0.2) is 0 Å². The zero-order valence-corrected chi connectivity index (χ0v) is 21.7. The van der Waals surface area contributed by atoms with Crippen LogP contribution < -0.4 is 0 Å². The van der Waals surface area contributed by atoms with Gasteiger partial charge in [0.1, 0.15) is 0 Å². The number of unbranched alkanes of at least 4 members (excludes halogenated alkanes) is 14. The van der Waals surface area contributed by atoms with E-state index in [9.17, 15) is 4.79 Å². The number of aromatic nitrogens is 2. The maximum atomic E-state index is 10.3. The second kappa shape index (κ2) is 23.4. The predicted molar refractivity (Wildman–Crippen MR) is 135 cm³/mol. The molecule has 1 N–H and O–H groups in total. The SMILES string of the molecule is CCCCCCCCCCCCCCCCCC(=O)O.[Mn].c1ccc(-c2ccccn2)nc1. The summed E-state index contributed by atoms with van der Waals surface area (Å²) in [5, 5.41) is 8.52. The molecule has 0 fully saturated rings. The van der Waals surface area contributed by atoms with Crippen molar-refractivity contribution in [2.75, 3.05) is 0 Å². The molecule has 0 aliphatic rings. The zero-order chi connectivity index (χ0) is 23.1. The van der Waals surface area contributed by atoms with E-state index in [0.29, 0.717) is 6.42 Å². The molecule has 0 aliphatic carbocycles. The van der Waals surface area contributed by atoms with E-state index in [4.69, 9.17) is 5.11 Å². The Hall–Kier alpha value is -1.71. The number of carboxylic acids is 1. The van der Waals surface area contributed by atoms with Crippen LogP contribution >= 0.6 is 0 Å². The Morgan fingerprint density at radius 1 is 0.636 bits per heavy atom. The van der Waals surface area contributed by atoms with Gasteiger partial charge in [-0.05, 0) is 30.7 Å². The van der Waals surface area contributed by atoms with Gasteiger partial charge < -0.3 is 5.11 Å². The summed E-state index contributed by atoms with van der Waals surface area (Å²) in [6, 6.07) is 11.6. The molecule has 33 heavy (non-hydrogen) atoms. The Kier molecular flexibility index (Phi) is 22.2. The molecule has 2 aromatic heterocycles. The molecular formula is C28H44MnN2O2. The van der Waals surface area contributed by atoms with Gasteiger partial charge in [-0.15, -0.1) is 0 Å². The van der Waals surface area contributed by atoms with Gasteiger partial charge in [0.25, 0.3) is 0 Å². The first-order chi connectivity index (χ1) is 15.7. The smallest absolute Gasteiger partial charge is 0.303 e. The third-order valence-electron chi connectivity index (χ3n) is 5.59. The van der Waals surface area contributed by atoms with Crippen molar-refractivity contribution in [3.8, 4) is 11.4 Å². The Bertz CT molecular complexity index is 631. The maximum absolute atomic E-state index is 10.3. The van der Waals surface area contributed by atoms with Gasteiger partial charge in [-0.3, -0.25) is 14.8 Å². The number of carbonyl (C=O) groups is 1. The summed E-state index contributed by atoms with van der Waals surface area (Å²) in [7, 11) is 0. The van der Waals surface area contributed by atoms with E-state index in [2.05, 4.69) is 16.9 Å².